The van der Waals surface area contributed by atoms with Crippen molar-refractivity contribution in [2.45, 2.75) is 60.4 Å². The summed E-state index contributed by atoms with van der Waals surface area (Å²) in [6, 6.07) is 0.328. The van der Waals surface area contributed by atoms with Crippen LogP contribution in [0.2, 0.25) is 0 Å². The summed E-state index contributed by atoms with van der Waals surface area (Å²) >= 11 is 0. The van der Waals surface area contributed by atoms with Gasteiger partial charge in [0.05, 0.1) is 11.4 Å². The zero-order chi connectivity index (χ0) is 14.8. The Kier molecular flexibility index (Phi) is 4.66. The largest absolute Gasteiger partial charge is 0.397 e. The van der Waals surface area contributed by atoms with E-state index in [9.17, 15) is 0 Å². The van der Waals surface area contributed by atoms with E-state index in [1.165, 1.54) is 0 Å². The van der Waals surface area contributed by atoms with Gasteiger partial charge in [-0.2, -0.15) is 0 Å². The second kappa shape index (κ2) is 5.68. The van der Waals surface area contributed by atoms with Crippen molar-refractivity contribution in [1.29, 1.82) is 0 Å². The molecule has 0 aliphatic heterocycles. The van der Waals surface area contributed by atoms with Crippen molar-refractivity contribution in [3.8, 4) is 0 Å². The number of aromatic nitrogens is 1. The molecule has 0 fully saturated rings. The van der Waals surface area contributed by atoms with Crippen LogP contribution in [0.3, 0.4) is 0 Å². The minimum Gasteiger partial charge on any atom is -0.397 e. The Morgan fingerprint density at radius 1 is 1.16 bits per heavy atom. The number of nitrogens with one attached hydrogen (secondary N) is 1. The fourth-order valence-corrected chi connectivity index (χ4v) is 2.12. The Balaban J connectivity index is 3.10. The molecule has 1 unspecified atom stereocenters. The molecule has 0 amide bonds. The highest BCUT2D eigenvalue weighted by Gasteiger charge is 2.25. The van der Waals surface area contributed by atoms with Gasteiger partial charge >= 0.3 is 0 Å². The molecule has 0 saturated carbocycles. The van der Waals surface area contributed by atoms with Crippen molar-refractivity contribution in [2.75, 3.05) is 16.8 Å². The van der Waals surface area contributed by atoms with E-state index in [4.69, 9.17) is 11.5 Å². The van der Waals surface area contributed by atoms with E-state index in [-0.39, 0.29) is 5.41 Å². The monoisotopic (exact) mass is 264 g/mol. The molecule has 1 rings (SSSR count). The van der Waals surface area contributed by atoms with Crippen LogP contribution in [0, 0.1) is 19.3 Å². The molecule has 0 bridgehead atoms. The Hall–Kier alpha value is -1.45. The van der Waals surface area contributed by atoms with Gasteiger partial charge in [0.15, 0.2) is 5.82 Å². The van der Waals surface area contributed by atoms with Gasteiger partial charge in [-0.3, -0.25) is 0 Å². The SMILES string of the molecule is CCCC(Nc1nc(C)c(C)c(N)c1N)C(C)(C)C. The molecule has 0 spiro atoms. The predicted octanol–water partition coefficient (Wildman–Crippen LogP) is 3.49. The molecule has 0 aliphatic carbocycles. The van der Waals surface area contributed by atoms with Gasteiger partial charge in [-0.05, 0) is 31.2 Å². The molecule has 19 heavy (non-hydrogen) atoms. The minimum absolute atomic E-state index is 0.150. The molecular formula is C15H28N4. The van der Waals surface area contributed by atoms with Gasteiger partial charge < -0.3 is 16.8 Å². The van der Waals surface area contributed by atoms with Crippen molar-refractivity contribution in [3.63, 3.8) is 0 Å². The third-order valence-corrected chi connectivity index (χ3v) is 3.71. The van der Waals surface area contributed by atoms with Crippen LogP contribution >= 0.6 is 0 Å². The Morgan fingerprint density at radius 2 is 1.74 bits per heavy atom. The standard InChI is InChI=1S/C15H28N4/c1-7-8-11(15(4,5)6)19-14-13(17)12(16)9(2)10(3)18-14/h11H,7-8,17H2,1-6H3,(H3,16,18,19). The lowest BCUT2D eigenvalue weighted by Crippen LogP contribution is -2.34. The first-order chi connectivity index (χ1) is 8.68. The normalized spacial score (nSPS) is 13.4. The summed E-state index contributed by atoms with van der Waals surface area (Å²) in [6.07, 6.45) is 2.20. The predicted molar refractivity (Wildman–Crippen MR) is 84.3 cm³/mol. The van der Waals surface area contributed by atoms with Crippen molar-refractivity contribution in [2.24, 2.45) is 5.41 Å². The van der Waals surface area contributed by atoms with Gasteiger partial charge in [0, 0.05) is 11.7 Å². The van der Waals surface area contributed by atoms with Crippen LogP contribution in [0.5, 0.6) is 0 Å². The number of pyridine rings is 1. The summed E-state index contributed by atoms with van der Waals surface area (Å²) in [5.41, 5.74) is 15.4. The van der Waals surface area contributed by atoms with E-state index >= 15 is 0 Å². The van der Waals surface area contributed by atoms with Crippen molar-refractivity contribution in [3.05, 3.63) is 11.3 Å². The number of rotatable bonds is 4. The Bertz CT molecular complexity index is 446. The number of anilines is 3. The fraction of sp³-hybridized carbons (Fsp3) is 0.667. The highest BCUT2D eigenvalue weighted by Crippen LogP contribution is 2.32. The van der Waals surface area contributed by atoms with Gasteiger partial charge in [-0.15, -0.1) is 0 Å². The van der Waals surface area contributed by atoms with Crippen LogP contribution in [0.15, 0.2) is 0 Å². The first-order valence-electron chi connectivity index (χ1n) is 6.97. The average Bonchev–Trinajstić information content (AvgIpc) is 2.31. The van der Waals surface area contributed by atoms with Gasteiger partial charge in [0.25, 0.3) is 0 Å². The molecule has 108 valence electrons. The molecule has 0 saturated heterocycles. The first-order valence-corrected chi connectivity index (χ1v) is 6.97. The highest BCUT2D eigenvalue weighted by atomic mass is 15.1. The molecule has 1 atom stereocenters. The summed E-state index contributed by atoms with van der Waals surface area (Å²) < 4.78 is 0. The van der Waals surface area contributed by atoms with Gasteiger partial charge in [0.2, 0.25) is 0 Å². The number of hydrogen-bond donors (Lipinski definition) is 3. The summed E-state index contributed by atoms with van der Waals surface area (Å²) in [5.74, 6) is 0.717. The topological polar surface area (TPSA) is 77.0 Å². The number of aryl methyl sites for hydroxylation is 1. The minimum atomic E-state index is 0.150. The zero-order valence-electron chi connectivity index (χ0n) is 13.1. The lowest BCUT2D eigenvalue weighted by molar-refractivity contribution is 0.323. The van der Waals surface area contributed by atoms with Crippen LogP contribution in [-0.2, 0) is 0 Å². The van der Waals surface area contributed by atoms with E-state index in [1.54, 1.807) is 0 Å². The van der Waals surface area contributed by atoms with Crippen LogP contribution in [0.25, 0.3) is 0 Å². The summed E-state index contributed by atoms with van der Waals surface area (Å²) in [4.78, 5) is 4.55. The molecular weight excluding hydrogens is 236 g/mol. The fourth-order valence-electron chi connectivity index (χ4n) is 2.12. The third-order valence-electron chi connectivity index (χ3n) is 3.71. The van der Waals surface area contributed by atoms with Gasteiger partial charge in [-0.25, -0.2) is 4.98 Å². The highest BCUT2D eigenvalue weighted by molar-refractivity contribution is 5.79. The maximum absolute atomic E-state index is 6.09. The van der Waals surface area contributed by atoms with Crippen molar-refractivity contribution < 1.29 is 0 Å². The van der Waals surface area contributed by atoms with Crippen molar-refractivity contribution >= 4 is 17.2 Å². The van der Waals surface area contributed by atoms with E-state index in [0.29, 0.717) is 23.2 Å². The zero-order valence-corrected chi connectivity index (χ0v) is 13.1. The summed E-state index contributed by atoms with van der Waals surface area (Å²) in [5, 5.41) is 3.48. The number of nitrogens with zero attached hydrogens (tertiary/aromatic N) is 1. The van der Waals surface area contributed by atoms with Gasteiger partial charge in [-0.1, -0.05) is 34.1 Å². The second-order valence-electron chi connectivity index (χ2n) is 6.35. The summed E-state index contributed by atoms with van der Waals surface area (Å²) in [7, 11) is 0. The van der Waals surface area contributed by atoms with Crippen LogP contribution < -0.4 is 16.8 Å². The lowest BCUT2D eigenvalue weighted by atomic mass is 9.84. The number of nitrogen functional groups attached to an aromatic ring is 2. The third kappa shape index (κ3) is 3.52. The van der Waals surface area contributed by atoms with E-state index in [2.05, 4.69) is 38.0 Å². The number of nitrogens with two attached hydrogens (primary N) is 2. The van der Waals surface area contributed by atoms with Crippen LogP contribution in [-0.4, -0.2) is 11.0 Å². The quantitative estimate of drug-likeness (QED) is 0.778. The van der Waals surface area contributed by atoms with E-state index in [0.717, 1.165) is 24.1 Å². The summed E-state index contributed by atoms with van der Waals surface area (Å²) in [6.45, 7) is 12.8. The number of hydrogen-bond acceptors (Lipinski definition) is 4. The maximum atomic E-state index is 6.09. The Labute approximate surface area is 117 Å². The van der Waals surface area contributed by atoms with Crippen molar-refractivity contribution in [1.82, 2.24) is 4.98 Å². The molecule has 0 radical (unpaired) electrons. The molecule has 1 aromatic heterocycles. The van der Waals surface area contributed by atoms with E-state index < -0.39 is 0 Å². The molecule has 5 N–H and O–H groups in total. The molecule has 0 aliphatic rings. The Morgan fingerprint density at radius 3 is 2.21 bits per heavy atom. The maximum Gasteiger partial charge on any atom is 0.151 e. The lowest BCUT2D eigenvalue weighted by Gasteiger charge is -2.32. The second-order valence-corrected chi connectivity index (χ2v) is 6.35. The smallest absolute Gasteiger partial charge is 0.151 e. The molecule has 0 aromatic carbocycles. The molecule has 1 aromatic rings. The molecule has 4 heteroatoms. The van der Waals surface area contributed by atoms with Gasteiger partial charge in [0.1, 0.15) is 0 Å². The van der Waals surface area contributed by atoms with E-state index in [1.807, 2.05) is 13.8 Å². The van der Waals surface area contributed by atoms with Crippen LogP contribution in [0.1, 0.15) is 51.8 Å². The molecule has 4 nitrogen and oxygen atoms in total. The average molecular weight is 264 g/mol. The molecule has 1 heterocycles. The van der Waals surface area contributed by atoms with Crippen LogP contribution in [0.4, 0.5) is 17.2 Å². The first kappa shape index (κ1) is 15.6.